The fraction of sp³-hybridized carbons (Fsp3) is 0.727. The van der Waals surface area contributed by atoms with Crippen LogP contribution in [0.25, 0.3) is 0 Å². The largest absolute Gasteiger partial charge is 0.490 e. The molecule has 1 amide bonds. The first-order valence-electron chi connectivity index (χ1n) is 6.62. The zero-order chi connectivity index (χ0) is 18.6. The van der Waals surface area contributed by atoms with Gasteiger partial charge in [-0.2, -0.15) is 18.4 Å². The zero-order valence-electron chi connectivity index (χ0n) is 13.1. The number of hydrogen-bond donors (Lipinski definition) is 4. The Balaban J connectivity index is 0.000000351. The van der Waals surface area contributed by atoms with Gasteiger partial charge in [0.1, 0.15) is 11.1 Å². The number of aromatic nitrogens is 4. The molecule has 1 aromatic heterocycles. The number of tetrazole rings is 1. The summed E-state index contributed by atoms with van der Waals surface area (Å²) in [5.74, 6) is -2.30. The van der Waals surface area contributed by atoms with Gasteiger partial charge in [0.2, 0.25) is 5.82 Å². The highest BCUT2D eigenvalue weighted by molar-refractivity contribution is 5.73. The molecule has 1 aromatic rings. The number of alkyl carbamates (subject to hydrolysis) is 1. The van der Waals surface area contributed by atoms with Crippen LogP contribution >= 0.6 is 0 Å². The quantitative estimate of drug-likeness (QED) is 0.588. The highest BCUT2D eigenvalue weighted by atomic mass is 19.4. The molecule has 1 aliphatic heterocycles. The van der Waals surface area contributed by atoms with E-state index in [9.17, 15) is 18.0 Å². The Morgan fingerprint density at radius 1 is 1.29 bits per heavy atom. The minimum Gasteiger partial charge on any atom is -0.475 e. The van der Waals surface area contributed by atoms with Crippen LogP contribution < -0.4 is 10.6 Å². The van der Waals surface area contributed by atoms with Crippen LogP contribution in [0.4, 0.5) is 18.0 Å². The molecule has 0 saturated carbocycles. The topological polar surface area (TPSA) is 142 Å². The van der Waals surface area contributed by atoms with Crippen molar-refractivity contribution in [2.24, 2.45) is 0 Å². The van der Waals surface area contributed by atoms with Crippen molar-refractivity contribution in [3.63, 3.8) is 0 Å². The Labute approximate surface area is 134 Å². The van der Waals surface area contributed by atoms with Gasteiger partial charge < -0.3 is 20.5 Å². The molecule has 0 aromatic carbocycles. The number of carbonyl (C=O) groups excluding carboxylic acids is 1. The number of ether oxygens (including phenoxy) is 1. The minimum absolute atomic E-state index is 0.460. The second-order valence-corrected chi connectivity index (χ2v) is 5.85. The van der Waals surface area contributed by atoms with Crippen molar-refractivity contribution in [2.75, 3.05) is 13.1 Å². The summed E-state index contributed by atoms with van der Waals surface area (Å²) in [4.78, 5) is 20.6. The lowest BCUT2D eigenvalue weighted by Gasteiger charge is -2.40. The van der Waals surface area contributed by atoms with Crippen LogP contribution in [0.1, 0.15) is 26.6 Å². The normalized spacial score (nSPS) is 16.2. The van der Waals surface area contributed by atoms with Gasteiger partial charge in [-0.3, -0.25) is 0 Å². The number of amides is 1. The number of H-pyrrole nitrogens is 1. The van der Waals surface area contributed by atoms with Crippen LogP contribution in [-0.4, -0.2) is 62.7 Å². The predicted octanol–water partition coefficient (Wildman–Crippen LogP) is 0.156. The molecule has 1 fully saturated rings. The number of nitrogens with one attached hydrogen (secondary N) is 3. The average molecular weight is 354 g/mol. The van der Waals surface area contributed by atoms with Crippen molar-refractivity contribution in [1.29, 1.82) is 0 Å². The third-order valence-corrected chi connectivity index (χ3v) is 2.61. The average Bonchev–Trinajstić information content (AvgIpc) is 2.85. The number of carboxylic acid groups (broad SMARTS) is 1. The second kappa shape index (κ2) is 6.98. The summed E-state index contributed by atoms with van der Waals surface area (Å²) < 4.78 is 36.9. The predicted molar refractivity (Wildman–Crippen MR) is 71.8 cm³/mol. The number of nitrogens with zero attached hydrogens (tertiary/aromatic N) is 3. The Morgan fingerprint density at radius 3 is 2.12 bits per heavy atom. The highest BCUT2D eigenvalue weighted by Gasteiger charge is 2.45. The summed E-state index contributed by atoms with van der Waals surface area (Å²) in [6.45, 7) is 6.56. The molecule has 1 aliphatic rings. The fourth-order valence-electron chi connectivity index (χ4n) is 1.54. The van der Waals surface area contributed by atoms with E-state index in [2.05, 4.69) is 31.3 Å². The summed E-state index contributed by atoms with van der Waals surface area (Å²) in [5, 5.41) is 26.6. The smallest absolute Gasteiger partial charge is 0.475 e. The highest BCUT2D eigenvalue weighted by Crippen LogP contribution is 2.22. The summed E-state index contributed by atoms with van der Waals surface area (Å²) in [5.41, 5.74) is -1.14. The molecule has 1 saturated heterocycles. The van der Waals surface area contributed by atoms with E-state index in [1.807, 2.05) is 20.8 Å². The minimum atomic E-state index is -5.08. The molecule has 13 heteroatoms. The van der Waals surface area contributed by atoms with Crippen molar-refractivity contribution in [3.05, 3.63) is 5.82 Å². The van der Waals surface area contributed by atoms with Crippen LogP contribution in [0.3, 0.4) is 0 Å². The van der Waals surface area contributed by atoms with E-state index < -0.39 is 29.4 Å². The van der Waals surface area contributed by atoms with Gasteiger partial charge in [-0.25, -0.2) is 9.59 Å². The van der Waals surface area contributed by atoms with E-state index in [0.29, 0.717) is 18.9 Å². The first-order chi connectivity index (χ1) is 10.9. The van der Waals surface area contributed by atoms with Crippen LogP contribution in [-0.2, 0) is 15.1 Å². The Kier molecular flexibility index (Phi) is 5.71. The molecular formula is C11H17F3N6O4. The van der Waals surface area contributed by atoms with Crippen molar-refractivity contribution in [1.82, 2.24) is 31.3 Å². The lowest BCUT2D eigenvalue weighted by Crippen LogP contribution is -2.67. The van der Waals surface area contributed by atoms with Gasteiger partial charge in [0, 0.05) is 13.1 Å². The van der Waals surface area contributed by atoms with Gasteiger partial charge in [-0.1, -0.05) is 5.21 Å². The number of alkyl halides is 3. The standard InChI is InChI=1S/C9H16N6O2.C2HF3O2/c1-8(2,3)17-7(16)11-9(4-10-5-9)6-12-14-15-13-6;3-2(4,5)1(6)7/h10H,4-5H2,1-3H3,(H,11,16)(H,12,13,14,15);(H,6,7). The van der Waals surface area contributed by atoms with Crippen molar-refractivity contribution < 1.29 is 32.6 Å². The molecule has 0 unspecified atom stereocenters. The zero-order valence-corrected chi connectivity index (χ0v) is 13.1. The van der Waals surface area contributed by atoms with E-state index in [1.54, 1.807) is 0 Å². The van der Waals surface area contributed by atoms with Gasteiger partial charge in [0.05, 0.1) is 0 Å². The summed E-state index contributed by atoms with van der Waals surface area (Å²) in [6, 6.07) is 0. The number of aromatic amines is 1. The molecule has 2 rings (SSSR count). The molecular weight excluding hydrogens is 337 g/mol. The van der Waals surface area contributed by atoms with Crippen LogP contribution in [0, 0.1) is 0 Å². The van der Waals surface area contributed by atoms with Gasteiger partial charge in [-0.05, 0) is 20.8 Å². The number of hydrogen-bond acceptors (Lipinski definition) is 7. The van der Waals surface area contributed by atoms with E-state index in [-0.39, 0.29) is 0 Å². The molecule has 24 heavy (non-hydrogen) atoms. The molecule has 2 heterocycles. The molecule has 136 valence electrons. The summed E-state index contributed by atoms with van der Waals surface area (Å²) in [6.07, 6.45) is -5.57. The molecule has 0 atom stereocenters. The maximum absolute atomic E-state index is 11.7. The summed E-state index contributed by atoms with van der Waals surface area (Å²) >= 11 is 0. The van der Waals surface area contributed by atoms with E-state index in [0.717, 1.165) is 0 Å². The Morgan fingerprint density at radius 2 is 1.83 bits per heavy atom. The van der Waals surface area contributed by atoms with Gasteiger partial charge in [0.15, 0.2) is 0 Å². The van der Waals surface area contributed by atoms with E-state index in [4.69, 9.17) is 14.6 Å². The molecule has 0 radical (unpaired) electrons. The second-order valence-electron chi connectivity index (χ2n) is 5.85. The van der Waals surface area contributed by atoms with E-state index >= 15 is 0 Å². The lowest BCUT2D eigenvalue weighted by atomic mass is 9.92. The van der Waals surface area contributed by atoms with Crippen molar-refractivity contribution in [3.8, 4) is 0 Å². The van der Waals surface area contributed by atoms with E-state index in [1.165, 1.54) is 0 Å². The van der Waals surface area contributed by atoms with Crippen molar-refractivity contribution >= 4 is 12.1 Å². The first-order valence-corrected chi connectivity index (χ1v) is 6.62. The number of halogens is 3. The number of aliphatic carboxylic acids is 1. The molecule has 0 aliphatic carbocycles. The van der Waals surface area contributed by atoms with Crippen LogP contribution in [0.5, 0.6) is 0 Å². The maximum atomic E-state index is 11.7. The maximum Gasteiger partial charge on any atom is 0.490 e. The third kappa shape index (κ3) is 5.64. The van der Waals surface area contributed by atoms with Gasteiger partial charge in [0.25, 0.3) is 0 Å². The number of carboxylic acids is 1. The van der Waals surface area contributed by atoms with Crippen LogP contribution in [0.15, 0.2) is 0 Å². The molecule has 0 spiro atoms. The lowest BCUT2D eigenvalue weighted by molar-refractivity contribution is -0.192. The number of rotatable bonds is 2. The monoisotopic (exact) mass is 354 g/mol. The van der Waals surface area contributed by atoms with Gasteiger partial charge >= 0.3 is 18.2 Å². The molecule has 0 bridgehead atoms. The van der Waals surface area contributed by atoms with Crippen LogP contribution in [0.2, 0.25) is 0 Å². The fourth-order valence-corrected chi connectivity index (χ4v) is 1.54. The SMILES string of the molecule is CC(C)(C)OC(=O)NC1(c2nn[nH]n2)CNC1.O=C(O)C(F)(F)F. The number of carbonyl (C=O) groups is 2. The Bertz CT molecular complexity index is 565. The third-order valence-electron chi connectivity index (χ3n) is 2.61. The molecule has 10 nitrogen and oxygen atoms in total. The molecule has 4 N–H and O–H groups in total. The van der Waals surface area contributed by atoms with Gasteiger partial charge in [-0.15, -0.1) is 10.2 Å². The Hall–Kier alpha value is -2.44. The summed E-state index contributed by atoms with van der Waals surface area (Å²) in [7, 11) is 0. The first kappa shape index (κ1) is 19.6. The van der Waals surface area contributed by atoms with Crippen molar-refractivity contribution in [2.45, 2.75) is 38.1 Å².